The minimum Gasteiger partial charge on any atom is -0.472 e. The van der Waals surface area contributed by atoms with Gasteiger partial charge in [-0.15, -0.1) is 11.8 Å². The molecule has 0 radical (unpaired) electrons. The van der Waals surface area contributed by atoms with Crippen LogP contribution in [-0.4, -0.2) is 29.8 Å². The van der Waals surface area contributed by atoms with E-state index in [1.165, 1.54) is 11.1 Å². The number of ether oxygens (including phenoxy) is 1. The van der Waals surface area contributed by atoms with Crippen LogP contribution in [0.25, 0.3) is 0 Å². The second-order valence-electron chi connectivity index (χ2n) is 6.80. The fourth-order valence-electron chi connectivity index (χ4n) is 4.52. The van der Waals surface area contributed by atoms with Crippen molar-refractivity contribution < 1.29 is 8.85 Å². The van der Waals surface area contributed by atoms with Crippen molar-refractivity contribution in [2.75, 3.05) is 6.54 Å². The lowest BCUT2D eigenvalue weighted by molar-refractivity contribution is 0.146. The second-order valence-corrected chi connectivity index (χ2v) is 7.85. The van der Waals surface area contributed by atoms with Gasteiger partial charge >= 0.3 is 0 Å². The van der Waals surface area contributed by atoms with E-state index in [9.17, 15) is 0 Å². The predicted molar refractivity (Wildman–Crippen MR) is 95.4 cm³/mol. The van der Waals surface area contributed by atoms with E-state index in [4.69, 9.17) is 8.85 Å². The van der Waals surface area contributed by atoms with E-state index in [0.29, 0.717) is 17.2 Å². The molecule has 5 rings (SSSR count). The van der Waals surface area contributed by atoms with Gasteiger partial charge in [-0.1, -0.05) is 18.2 Å². The average molecular weight is 329 g/mol. The summed E-state index contributed by atoms with van der Waals surface area (Å²) in [6, 6.07) is 0.294. The third kappa shape index (κ3) is 2.18. The maximum Gasteiger partial charge on any atom is 0.196 e. The van der Waals surface area contributed by atoms with Crippen molar-refractivity contribution in [3.8, 4) is 0 Å². The van der Waals surface area contributed by atoms with Crippen LogP contribution in [0.4, 0.5) is 0 Å². The highest BCUT2D eigenvalue weighted by Gasteiger charge is 2.46. The van der Waals surface area contributed by atoms with Crippen molar-refractivity contribution in [1.29, 1.82) is 0 Å². The minimum atomic E-state index is -2.17. The highest BCUT2D eigenvalue weighted by Crippen LogP contribution is 2.49. The van der Waals surface area contributed by atoms with Crippen LogP contribution < -0.4 is 5.32 Å². The minimum absolute atomic E-state index is 0.163. The molecule has 0 amide bonds. The number of hydrogen-bond donors (Lipinski definition) is 1. The smallest absolute Gasteiger partial charge is 0.196 e. The Morgan fingerprint density at radius 3 is 3.39 bits per heavy atom. The Balaban J connectivity index is 1.48. The number of dihydropyridines is 1. The summed E-state index contributed by atoms with van der Waals surface area (Å²) in [5, 5.41) is 6.28. The summed E-state index contributed by atoms with van der Waals surface area (Å²) in [4.78, 5) is 4.45. The number of rotatable bonds is 1. The van der Waals surface area contributed by atoms with Gasteiger partial charge in [0.2, 0.25) is 0 Å². The van der Waals surface area contributed by atoms with Crippen LogP contribution >= 0.6 is 11.8 Å². The maximum atomic E-state index is 7.62. The van der Waals surface area contributed by atoms with E-state index in [-0.39, 0.29) is 17.9 Å². The van der Waals surface area contributed by atoms with Crippen LogP contribution in [0.5, 0.6) is 0 Å². The Kier molecular flexibility index (Phi) is 2.65. The number of nitrogens with zero attached hydrogens (tertiary/aromatic N) is 1. The first-order valence-electron chi connectivity index (χ1n) is 9.94. The Hall–Kier alpha value is -1.26. The van der Waals surface area contributed by atoms with E-state index in [1.54, 1.807) is 6.08 Å². The Labute approximate surface area is 145 Å². The Morgan fingerprint density at radius 2 is 2.43 bits per heavy atom. The van der Waals surface area contributed by atoms with Gasteiger partial charge in [0.15, 0.2) is 6.23 Å². The van der Waals surface area contributed by atoms with Crippen LogP contribution in [-0.2, 0) is 4.74 Å². The molecule has 1 aliphatic carbocycles. The van der Waals surface area contributed by atoms with Gasteiger partial charge < -0.3 is 10.1 Å². The van der Waals surface area contributed by atoms with Crippen LogP contribution in [0, 0.1) is 11.8 Å². The molecule has 0 aromatic heterocycles. The number of thioether (sulfide) groups is 1. The summed E-state index contributed by atoms with van der Waals surface area (Å²) in [5.41, 5.74) is 2.95. The van der Waals surface area contributed by atoms with E-state index in [2.05, 4.69) is 27.9 Å². The van der Waals surface area contributed by atoms with Crippen molar-refractivity contribution in [2.45, 2.75) is 43.6 Å². The number of aliphatic imine (C=N–C) groups is 1. The third-order valence-corrected chi connectivity index (χ3v) is 6.70. The number of allylic oxidation sites excluding steroid dienone is 3. The lowest BCUT2D eigenvalue weighted by atomic mass is 9.77. The monoisotopic (exact) mass is 329 g/mol. The van der Waals surface area contributed by atoms with Crippen molar-refractivity contribution in [2.24, 2.45) is 16.8 Å². The molecular formula is C19H22N2OS. The van der Waals surface area contributed by atoms with E-state index in [1.807, 2.05) is 17.8 Å². The quantitative estimate of drug-likeness (QED) is 0.798. The van der Waals surface area contributed by atoms with Gasteiger partial charge in [0.25, 0.3) is 0 Å². The molecule has 23 heavy (non-hydrogen) atoms. The average Bonchev–Trinajstić information content (AvgIpc) is 3.24. The summed E-state index contributed by atoms with van der Waals surface area (Å²) in [7, 11) is 0. The summed E-state index contributed by atoms with van der Waals surface area (Å²) in [6.07, 6.45) is 11.1. The molecule has 3 nitrogen and oxygen atoms in total. The Bertz CT molecular complexity index is 780. The zero-order valence-electron chi connectivity index (χ0n) is 15.9. The number of hydrogen-bond acceptors (Lipinski definition) is 4. The van der Waals surface area contributed by atoms with Gasteiger partial charge in [-0.2, -0.15) is 0 Å². The van der Waals surface area contributed by atoms with Crippen LogP contribution in [0.2, 0.25) is 0 Å². The van der Waals surface area contributed by atoms with Crippen LogP contribution in [0.15, 0.2) is 51.6 Å². The summed E-state index contributed by atoms with van der Waals surface area (Å²) < 4.78 is 29.2. The summed E-state index contributed by atoms with van der Waals surface area (Å²) in [5.74, 6) is 1.58. The molecule has 0 spiro atoms. The normalized spacial score (nSPS) is 43.5. The lowest BCUT2D eigenvalue weighted by Crippen LogP contribution is -2.44. The molecule has 1 N–H and O–H groups in total. The second kappa shape index (κ2) is 5.38. The van der Waals surface area contributed by atoms with Gasteiger partial charge in [0.05, 0.1) is 5.25 Å². The fraction of sp³-hybridized carbons (Fsp3) is 0.526. The molecule has 5 aliphatic rings. The highest BCUT2D eigenvalue weighted by molar-refractivity contribution is 8.03. The van der Waals surface area contributed by atoms with E-state index >= 15 is 0 Å². The van der Waals surface area contributed by atoms with E-state index < -0.39 is 6.85 Å². The molecule has 0 aromatic carbocycles. The largest absolute Gasteiger partial charge is 0.472 e. The first-order chi connectivity index (χ1) is 12.5. The molecule has 4 heterocycles. The van der Waals surface area contributed by atoms with Gasteiger partial charge in [-0.3, -0.25) is 0 Å². The summed E-state index contributed by atoms with van der Waals surface area (Å²) >= 11 is 1.87. The molecule has 5 atom stereocenters. The maximum absolute atomic E-state index is 7.62. The first kappa shape index (κ1) is 11.3. The lowest BCUT2D eigenvalue weighted by Gasteiger charge is -2.35. The SMILES string of the molecule is [2H]C([2H])([2H])C1=NC2OC3=C([C@@H]4NCC=C5C=CS[C@@H]54)CCC[C@H]3C2C=C1. The van der Waals surface area contributed by atoms with E-state index in [0.717, 1.165) is 31.6 Å². The standard InChI is InChI=1S/C19H22N2OS/c1-11-5-6-14-13-3-2-4-15(17(13)22-19(14)21-11)16-18-12(7-9-20-16)8-10-23-18/h5-8,10,13-14,16,18-20H,2-4,9H2,1H3/t13-,14?,16-,18-,19?/m0/s1/i1D3. The molecule has 2 unspecified atom stereocenters. The van der Waals surface area contributed by atoms with Crippen LogP contribution in [0.3, 0.4) is 0 Å². The van der Waals surface area contributed by atoms with Crippen molar-refractivity contribution in [3.05, 3.63) is 46.6 Å². The van der Waals surface area contributed by atoms with Gasteiger partial charge in [0, 0.05) is 34.2 Å². The topological polar surface area (TPSA) is 33.6 Å². The highest BCUT2D eigenvalue weighted by atomic mass is 32.2. The zero-order valence-corrected chi connectivity index (χ0v) is 13.7. The fourth-order valence-corrected chi connectivity index (χ4v) is 5.68. The molecule has 4 heteroatoms. The Morgan fingerprint density at radius 1 is 1.43 bits per heavy atom. The van der Waals surface area contributed by atoms with Crippen molar-refractivity contribution in [1.82, 2.24) is 5.32 Å². The molecule has 120 valence electrons. The molecule has 1 fully saturated rings. The predicted octanol–water partition coefficient (Wildman–Crippen LogP) is 3.57. The van der Waals surface area contributed by atoms with Crippen molar-refractivity contribution in [3.63, 3.8) is 0 Å². The first-order valence-corrected chi connectivity index (χ1v) is 9.38. The van der Waals surface area contributed by atoms with Crippen molar-refractivity contribution >= 4 is 17.5 Å². The molecule has 0 saturated carbocycles. The molecule has 0 bridgehead atoms. The molecule has 4 aliphatic heterocycles. The van der Waals surface area contributed by atoms with Gasteiger partial charge in [-0.25, -0.2) is 4.99 Å². The molecular weight excluding hydrogens is 304 g/mol. The third-order valence-electron chi connectivity index (χ3n) is 5.57. The number of fused-ring (bicyclic) bond motifs is 4. The molecule has 0 aromatic rings. The van der Waals surface area contributed by atoms with Gasteiger partial charge in [0.1, 0.15) is 5.76 Å². The van der Waals surface area contributed by atoms with Gasteiger partial charge in [-0.05, 0) is 48.7 Å². The molecule has 1 saturated heterocycles. The number of nitrogens with one attached hydrogen (secondary N) is 1. The summed E-state index contributed by atoms with van der Waals surface area (Å²) in [6.45, 7) is -1.29. The van der Waals surface area contributed by atoms with Crippen LogP contribution in [0.1, 0.15) is 30.2 Å². The zero-order chi connectivity index (χ0) is 17.9.